The van der Waals surface area contributed by atoms with Gasteiger partial charge in [-0.25, -0.2) is 0 Å². The standard InChI is InChI=1S/C15H31NO4S.Na.H/c1-3-4-5-6-7-8-9-10-11-12-13-14(2)15(17)21(18,19)20-16;;/h14H,3-13,16H2,1-2H3;;. The molecular formula is C15H32NNaO4S. The van der Waals surface area contributed by atoms with Gasteiger partial charge in [-0.3, -0.25) is 4.79 Å². The summed E-state index contributed by atoms with van der Waals surface area (Å²) in [6, 6.07) is 0. The van der Waals surface area contributed by atoms with Crippen LogP contribution in [0.2, 0.25) is 0 Å². The molecule has 0 saturated heterocycles. The van der Waals surface area contributed by atoms with Crippen molar-refractivity contribution < 1.29 is 17.5 Å². The Morgan fingerprint density at radius 2 is 1.36 bits per heavy atom. The molecule has 7 heteroatoms. The number of rotatable bonds is 13. The monoisotopic (exact) mass is 345 g/mol. The summed E-state index contributed by atoms with van der Waals surface area (Å²) < 4.78 is 26.0. The molecule has 0 heterocycles. The van der Waals surface area contributed by atoms with Gasteiger partial charge in [-0.15, -0.1) is 0 Å². The summed E-state index contributed by atoms with van der Waals surface area (Å²) in [7, 11) is -4.22. The third-order valence-electron chi connectivity index (χ3n) is 3.77. The van der Waals surface area contributed by atoms with Gasteiger partial charge in [0.25, 0.3) is 5.12 Å². The summed E-state index contributed by atoms with van der Waals surface area (Å²) in [6.07, 6.45) is 12.7. The molecular weight excluding hydrogens is 313 g/mol. The average Bonchev–Trinajstić information content (AvgIpc) is 2.48. The molecule has 0 saturated carbocycles. The van der Waals surface area contributed by atoms with Crippen LogP contribution in [0.15, 0.2) is 0 Å². The van der Waals surface area contributed by atoms with Crippen molar-refractivity contribution in [2.75, 3.05) is 0 Å². The SMILES string of the molecule is CCCCCCCCCCCCC(C)C(=O)S(=O)(=O)ON.[NaH]. The maximum atomic E-state index is 11.5. The summed E-state index contributed by atoms with van der Waals surface area (Å²) in [5.41, 5.74) is 0. The Kier molecular flexibility index (Phi) is 17.0. The van der Waals surface area contributed by atoms with E-state index in [4.69, 9.17) is 0 Å². The van der Waals surface area contributed by atoms with Gasteiger partial charge < -0.3 is 0 Å². The summed E-state index contributed by atoms with van der Waals surface area (Å²) >= 11 is 0. The summed E-state index contributed by atoms with van der Waals surface area (Å²) in [5, 5.41) is -0.916. The van der Waals surface area contributed by atoms with E-state index >= 15 is 0 Å². The van der Waals surface area contributed by atoms with Crippen LogP contribution in [-0.2, 0) is 19.2 Å². The van der Waals surface area contributed by atoms with Gasteiger partial charge >= 0.3 is 39.7 Å². The van der Waals surface area contributed by atoms with Crippen molar-refractivity contribution in [1.82, 2.24) is 0 Å². The Labute approximate surface area is 158 Å². The van der Waals surface area contributed by atoms with Crippen molar-refractivity contribution in [3.05, 3.63) is 0 Å². The minimum atomic E-state index is -4.22. The van der Waals surface area contributed by atoms with Gasteiger partial charge in [0.05, 0.1) is 0 Å². The van der Waals surface area contributed by atoms with Crippen LogP contribution in [0.4, 0.5) is 0 Å². The van der Waals surface area contributed by atoms with Gasteiger partial charge in [-0.05, 0) is 6.42 Å². The van der Waals surface area contributed by atoms with Gasteiger partial charge in [-0.1, -0.05) is 78.1 Å². The van der Waals surface area contributed by atoms with E-state index in [1.807, 2.05) is 0 Å². The van der Waals surface area contributed by atoms with Crippen molar-refractivity contribution in [2.45, 2.75) is 84.5 Å². The van der Waals surface area contributed by atoms with Crippen LogP contribution in [0, 0.1) is 5.92 Å². The van der Waals surface area contributed by atoms with Crippen molar-refractivity contribution in [3.63, 3.8) is 0 Å². The van der Waals surface area contributed by atoms with Crippen LogP contribution in [0.25, 0.3) is 0 Å². The molecule has 0 radical (unpaired) electrons. The van der Waals surface area contributed by atoms with Crippen LogP contribution < -0.4 is 5.90 Å². The summed E-state index contributed by atoms with van der Waals surface area (Å²) in [4.78, 5) is 11.5. The number of unbranched alkanes of at least 4 members (excludes halogenated alkanes) is 9. The third kappa shape index (κ3) is 12.0. The quantitative estimate of drug-likeness (QED) is 0.315. The number of carbonyl (C=O) groups is 1. The molecule has 0 aliphatic rings. The molecule has 0 amide bonds. The van der Waals surface area contributed by atoms with Gasteiger partial charge in [-0.2, -0.15) is 18.6 Å². The van der Waals surface area contributed by atoms with E-state index in [0.29, 0.717) is 6.42 Å². The van der Waals surface area contributed by atoms with Crippen molar-refractivity contribution in [2.24, 2.45) is 11.8 Å². The Hall–Kier alpha value is 0.540. The molecule has 0 aromatic carbocycles. The first-order chi connectivity index (χ1) is 9.95. The molecule has 0 aromatic rings. The first kappa shape index (κ1) is 24.8. The Morgan fingerprint density at radius 3 is 1.77 bits per heavy atom. The fraction of sp³-hybridized carbons (Fsp3) is 0.933. The second kappa shape index (κ2) is 15.1. The van der Waals surface area contributed by atoms with E-state index in [0.717, 1.165) is 19.3 Å². The molecule has 5 nitrogen and oxygen atoms in total. The molecule has 0 rings (SSSR count). The molecule has 0 fully saturated rings. The predicted molar refractivity (Wildman–Crippen MR) is 92.0 cm³/mol. The molecule has 0 aliphatic carbocycles. The second-order valence-electron chi connectivity index (χ2n) is 5.74. The molecule has 128 valence electrons. The van der Waals surface area contributed by atoms with Gasteiger partial charge in [0.2, 0.25) is 0 Å². The fourth-order valence-electron chi connectivity index (χ4n) is 2.35. The zero-order valence-electron chi connectivity index (χ0n) is 13.5. The Balaban J connectivity index is 0. The molecule has 2 N–H and O–H groups in total. The second-order valence-corrected chi connectivity index (χ2v) is 7.24. The Morgan fingerprint density at radius 1 is 0.955 bits per heavy atom. The number of nitrogens with two attached hydrogens (primary N) is 1. The molecule has 0 aromatic heterocycles. The fourth-order valence-corrected chi connectivity index (χ4v) is 3.06. The number of carbonyl (C=O) groups excluding carboxylic acids is 1. The van der Waals surface area contributed by atoms with Crippen molar-refractivity contribution >= 4 is 44.8 Å². The van der Waals surface area contributed by atoms with Gasteiger partial charge in [0.1, 0.15) is 0 Å². The van der Waals surface area contributed by atoms with Gasteiger partial charge in [0.15, 0.2) is 0 Å². The first-order valence-corrected chi connectivity index (χ1v) is 9.53. The zero-order valence-corrected chi connectivity index (χ0v) is 14.3. The Bertz CT molecular complexity index is 374. The summed E-state index contributed by atoms with van der Waals surface area (Å²) in [6.45, 7) is 3.82. The molecule has 1 unspecified atom stereocenters. The van der Waals surface area contributed by atoms with Crippen LogP contribution in [0.5, 0.6) is 0 Å². The van der Waals surface area contributed by atoms with E-state index < -0.39 is 21.2 Å². The first-order valence-electron chi connectivity index (χ1n) is 8.13. The van der Waals surface area contributed by atoms with Crippen LogP contribution in [-0.4, -0.2) is 43.1 Å². The van der Waals surface area contributed by atoms with E-state index in [2.05, 4.69) is 17.1 Å². The third-order valence-corrected chi connectivity index (χ3v) is 4.91. The van der Waals surface area contributed by atoms with Crippen molar-refractivity contribution in [3.8, 4) is 0 Å². The van der Waals surface area contributed by atoms with Crippen molar-refractivity contribution in [1.29, 1.82) is 0 Å². The van der Waals surface area contributed by atoms with E-state index in [1.165, 1.54) is 44.9 Å². The molecule has 0 spiro atoms. The van der Waals surface area contributed by atoms with Crippen LogP contribution in [0.1, 0.15) is 84.5 Å². The molecule has 0 aliphatic heterocycles. The summed E-state index contributed by atoms with van der Waals surface area (Å²) in [5.74, 6) is 4.04. The van der Waals surface area contributed by atoms with Crippen LogP contribution in [0.3, 0.4) is 0 Å². The minimum absolute atomic E-state index is 0. The van der Waals surface area contributed by atoms with Gasteiger partial charge in [0, 0.05) is 5.92 Å². The number of hydrogen-bond donors (Lipinski definition) is 1. The average molecular weight is 345 g/mol. The predicted octanol–water partition coefficient (Wildman–Crippen LogP) is 3.03. The molecule has 0 bridgehead atoms. The topological polar surface area (TPSA) is 86.5 Å². The van der Waals surface area contributed by atoms with E-state index in [-0.39, 0.29) is 29.6 Å². The molecule has 22 heavy (non-hydrogen) atoms. The number of hydrogen-bond acceptors (Lipinski definition) is 5. The zero-order chi connectivity index (χ0) is 16.1. The van der Waals surface area contributed by atoms with E-state index in [9.17, 15) is 13.2 Å². The van der Waals surface area contributed by atoms with Crippen LogP contribution >= 0.6 is 0 Å². The molecule has 1 atom stereocenters. The maximum absolute atomic E-state index is 11.5. The normalized spacial score (nSPS) is 12.7. The van der Waals surface area contributed by atoms with E-state index in [1.54, 1.807) is 6.92 Å².